The van der Waals surface area contributed by atoms with Gasteiger partial charge in [0.1, 0.15) is 0 Å². The molecule has 30 heteroatoms. The molecule has 30 heavy (non-hydrogen) atoms. The van der Waals surface area contributed by atoms with Gasteiger partial charge in [0.25, 0.3) is 0 Å². The van der Waals surface area contributed by atoms with E-state index in [1.807, 2.05) is 0 Å². The van der Waals surface area contributed by atoms with Gasteiger partial charge in [0.05, 0.1) is 0 Å². The minimum Gasteiger partial charge on any atom is -0.735 e. The molecule has 0 radical (unpaired) electrons. The smallest absolute Gasteiger partial charge is 0.735 e. The van der Waals surface area contributed by atoms with Crippen LogP contribution in [0.1, 0.15) is 0 Å². The Hall–Kier alpha value is 3.33. The predicted octanol–water partition coefficient (Wildman–Crippen LogP) is -13.4. The van der Waals surface area contributed by atoms with Crippen LogP contribution in [0.5, 0.6) is 0 Å². The summed E-state index contributed by atoms with van der Waals surface area (Å²) in [6.07, 6.45) is 0. The summed E-state index contributed by atoms with van der Waals surface area (Å²) in [5.41, 5.74) is 0. The van der Waals surface area contributed by atoms with E-state index in [9.17, 15) is 64.2 Å². The zero-order valence-corrected chi connectivity index (χ0v) is 27.4. The molecule has 3 N–H and O–H groups in total. The van der Waals surface area contributed by atoms with E-state index in [-0.39, 0.29) is 88.7 Å². The molecule has 0 saturated carbocycles. The number of halogens is 3. The van der Waals surface area contributed by atoms with Crippen LogP contribution in [0.3, 0.4) is 0 Å². The van der Waals surface area contributed by atoms with Gasteiger partial charge in [0, 0.05) is 32.0 Å². The molecule has 0 rings (SSSR count). The second-order valence-corrected chi connectivity index (χ2v) is 13.9. The van der Waals surface area contributed by atoms with Crippen LogP contribution in [0.15, 0.2) is 0 Å². The molecule has 0 unspecified atom stereocenters. The maximum atomic E-state index is 9.72. The Bertz CT molecular complexity index is 882. The van der Waals surface area contributed by atoms with Gasteiger partial charge in [-0.3, -0.25) is 0 Å². The average molecular weight is 653 g/mol. The summed E-state index contributed by atoms with van der Waals surface area (Å²) in [5.74, 6) is 0. The van der Waals surface area contributed by atoms with Crippen molar-refractivity contribution < 1.29 is 153 Å². The molecule has 0 atom stereocenters. The van der Waals surface area contributed by atoms with Gasteiger partial charge in [-0.05, 0) is 0 Å². The largest absolute Gasteiger partial charge is 1.00 e. The van der Waals surface area contributed by atoms with E-state index in [0.717, 1.165) is 0 Å². The van der Waals surface area contributed by atoms with E-state index in [2.05, 4.69) is 32.0 Å². The van der Waals surface area contributed by atoms with Gasteiger partial charge in [0.15, 0.2) is 30.9 Å². The summed E-state index contributed by atoms with van der Waals surface area (Å²) in [5, 5.41) is 0. The Morgan fingerprint density at radius 3 is 0.500 bits per heavy atom. The zero-order valence-electron chi connectivity index (χ0n) is 14.2. The number of nitrogens with one attached hydrogen (secondary N) is 3. The topological polar surface area (TPSA) is 310 Å². The van der Waals surface area contributed by atoms with Gasteiger partial charge < -0.3 is 13.7 Å². The van der Waals surface area contributed by atoms with Crippen molar-refractivity contribution in [3.8, 4) is 0 Å². The summed E-state index contributed by atoms with van der Waals surface area (Å²) in [6, 6.07) is 0. The van der Waals surface area contributed by atoms with E-state index < -0.39 is 58.6 Å². The van der Waals surface area contributed by atoms with Crippen molar-refractivity contribution in [1.82, 2.24) is 12.4 Å². The van der Waals surface area contributed by atoms with Crippen LogP contribution in [-0.2, 0) is 58.6 Å². The van der Waals surface area contributed by atoms with Crippen LogP contribution < -0.4 is 101 Å². The van der Waals surface area contributed by atoms with Crippen LogP contribution in [0.4, 0.5) is 0 Å². The first-order chi connectivity index (χ1) is 11.1. The molecule has 0 amide bonds. The maximum Gasteiger partial charge on any atom is 1.00 e. The zero-order chi connectivity index (χ0) is 23.1. The third-order valence-electron chi connectivity index (χ3n) is 0.605. The van der Waals surface area contributed by atoms with Gasteiger partial charge in [-0.1, -0.05) is 0 Å². The molecule has 0 aliphatic carbocycles. The van der Waals surface area contributed by atoms with Crippen molar-refractivity contribution in [2.75, 3.05) is 0 Å². The molecule has 18 nitrogen and oxygen atoms in total. The average Bonchev–Trinajstić information content (AvgIpc) is 1.96. The summed E-state index contributed by atoms with van der Waals surface area (Å²) in [6.45, 7) is 0. The molecule has 0 aliphatic rings. The monoisotopic (exact) mass is 651 g/mol. The van der Waals surface area contributed by atoms with Crippen molar-refractivity contribution in [3.05, 3.63) is 0 Å². The van der Waals surface area contributed by atoms with Crippen LogP contribution in [0.25, 0.3) is 0 Å². The van der Waals surface area contributed by atoms with Crippen molar-refractivity contribution >= 4 is 90.7 Å². The van der Waals surface area contributed by atoms with E-state index in [1.54, 1.807) is 0 Å². The molecule has 0 spiro atoms. The normalized spacial score (nSPS) is 12.2. The van der Waals surface area contributed by atoms with Gasteiger partial charge in [-0.15, -0.1) is 12.4 Å². The molecule has 0 bridgehead atoms. The Morgan fingerprint density at radius 1 is 0.400 bits per heavy atom. The van der Waals surface area contributed by atoms with E-state index >= 15 is 0 Å². The molecular weight excluding hydrogens is 650 g/mol. The fourth-order valence-corrected chi connectivity index (χ4v) is 5.37. The second kappa shape index (κ2) is 17.7. The number of hydrogen-bond donors (Lipinski definition) is 3. The second-order valence-electron chi connectivity index (χ2n) is 2.93. The molecule has 0 aromatic heterocycles. The van der Waals surface area contributed by atoms with E-state index in [1.165, 1.54) is 0 Å². The fraction of sp³-hybridized carbons (Fsp3) is 0. The van der Waals surface area contributed by atoms with Gasteiger partial charge in [-0.25, -0.2) is 25.3 Å². The predicted molar refractivity (Wildman–Crippen MR) is 82.8 cm³/mol. The SMILES string of the molecule is O=S(=O)([O-])NS(=O)(=O)Cl.O=S(=O)([O-])NS(=O)(=O)Cl.O=S(=O)([O-])NS(=O)(=O)Cl.[Na+].[Na+].[Na+]. The minimum atomic E-state index is -5.00. The van der Waals surface area contributed by atoms with Gasteiger partial charge in [-0.2, -0.15) is 25.3 Å². The maximum absolute atomic E-state index is 9.72. The fourth-order valence-electron chi connectivity index (χ4n) is 0.366. The summed E-state index contributed by atoms with van der Waals surface area (Å²) in [4.78, 5) is 0. The Morgan fingerprint density at radius 2 is 0.500 bits per heavy atom. The quantitative estimate of drug-likeness (QED) is 0.136. The number of rotatable bonds is 6. The van der Waals surface area contributed by atoms with E-state index in [0.29, 0.717) is 12.4 Å². The minimum absolute atomic E-state index is 0. The van der Waals surface area contributed by atoms with Crippen molar-refractivity contribution in [1.29, 1.82) is 0 Å². The van der Waals surface area contributed by atoms with Crippen molar-refractivity contribution in [2.45, 2.75) is 0 Å². The summed E-state index contributed by atoms with van der Waals surface area (Å²) < 4.78 is 146. The van der Waals surface area contributed by atoms with Crippen LogP contribution >= 0.6 is 32.0 Å². The molecule has 0 saturated heterocycles. The third-order valence-corrected chi connectivity index (χ3v) is 7.14. The molecule has 0 heterocycles. The Balaban J connectivity index is -0.0000000686. The van der Waals surface area contributed by atoms with Gasteiger partial charge >= 0.3 is 116 Å². The Kier molecular flexibility index (Phi) is 27.5. The molecule has 0 aromatic carbocycles. The van der Waals surface area contributed by atoms with Crippen LogP contribution in [-0.4, -0.2) is 64.2 Å². The van der Waals surface area contributed by atoms with Crippen LogP contribution in [0, 0.1) is 0 Å². The first-order valence-corrected chi connectivity index (χ1v) is 15.3. The molecule has 0 fully saturated rings. The van der Waals surface area contributed by atoms with Crippen molar-refractivity contribution in [2.24, 2.45) is 0 Å². The van der Waals surface area contributed by atoms with Crippen LogP contribution in [0.2, 0.25) is 0 Å². The number of hydrogen-bond acceptors (Lipinski definition) is 15. The molecule has 168 valence electrons. The third kappa shape index (κ3) is 63.3. The first-order valence-electron chi connectivity index (χ1n) is 4.19. The summed E-state index contributed by atoms with van der Waals surface area (Å²) in [7, 11) is -15.5. The Labute approximate surface area is 251 Å². The molecule has 0 aromatic rings. The molecule has 0 aliphatic heterocycles. The molecular formula is H3Cl3N3Na3O15S6. The first kappa shape index (κ1) is 46.6. The summed E-state index contributed by atoms with van der Waals surface area (Å²) >= 11 is 0. The standard InChI is InChI=1S/3ClH2NO5S2.3Na/c3*1-8(3,4)2-9(5,6)7;;;/h3*2H,(H,5,6,7);;;/q;;;3*+1/p-3. The van der Waals surface area contributed by atoms with Crippen molar-refractivity contribution in [3.63, 3.8) is 0 Å². The van der Waals surface area contributed by atoms with E-state index in [4.69, 9.17) is 0 Å². The van der Waals surface area contributed by atoms with Gasteiger partial charge in [0.2, 0.25) is 0 Å².